The molecule has 0 amide bonds. The van der Waals surface area contributed by atoms with Gasteiger partial charge in [0.25, 0.3) is 0 Å². The Labute approximate surface area is 147 Å². The minimum absolute atomic E-state index is 0.228. The Morgan fingerprint density at radius 3 is 2.28 bits per heavy atom. The first-order valence-corrected chi connectivity index (χ1v) is 7.72. The standard InChI is InChI=1S/C16H16ClFO7/c1-8(19)23-14-13(18)12(25-16(14)24-9(2)20)7-22-15(21)10-3-5-11(17)6-4-10/h3-6,12-14,16H,7H2,1-2H3/t12-,13+,14-,16?/m0/s1. The Kier molecular flexibility index (Phi) is 6.33. The van der Waals surface area contributed by atoms with Crippen molar-refractivity contribution in [3.63, 3.8) is 0 Å². The summed E-state index contributed by atoms with van der Waals surface area (Å²) in [7, 11) is 0. The van der Waals surface area contributed by atoms with Crippen molar-refractivity contribution < 1.29 is 37.7 Å². The van der Waals surface area contributed by atoms with Crippen molar-refractivity contribution in [1.82, 2.24) is 0 Å². The second kappa shape index (κ2) is 8.26. The molecular formula is C16H16ClFO7. The van der Waals surface area contributed by atoms with Crippen LogP contribution in [0, 0.1) is 0 Å². The molecule has 9 heteroatoms. The van der Waals surface area contributed by atoms with Crippen LogP contribution in [-0.4, -0.2) is 49.2 Å². The molecule has 1 unspecified atom stereocenters. The van der Waals surface area contributed by atoms with Gasteiger partial charge in [-0.1, -0.05) is 11.6 Å². The van der Waals surface area contributed by atoms with Gasteiger partial charge in [-0.3, -0.25) is 9.59 Å². The van der Waals surface area contributed by atoms with Crippen LogP contribution >= 0.6 is 11.6 Å². The first-order chi connectivity index (χ1) is 11.8. The van der Waals surface area contributed by atoms with Crippen LogP contribution in [0.15, 0.2) is 24.3 Å². The van der Waals surface area contributed by atoms with Gasteiger partial charge in [0.1, 0.15) is 12.7 Å². The van der Waals surface area contributed by atoms with E-state index in [4.69, 9.17) is 30.5 Å². The third kappa shape index (κ3) is 5.14. The number of esters is 3. The maximum absolute atomic E-state index is 14.4. The van der Waals surface area contributed by atoms with Crippen LogP contribution in [-0.2, 0) is 28.5 Å². The van der Waals surface area contributed by atoms with Crippen LogP contribution in [0.4, 0.5) is 4.39 Å². The molecule has 4 atom stereocenters. The van der Waals surface area contributed by atoms with Crippen molar-refractivity contribution in [2.45, 2.75) is 38.5 Å². The van der Waals surface area contributed by atoms with E-state index in [1.54, 1.807) is 0 Å². The smallest absolute Gasteiger partial charge is 0.338 e. The van der Waals surface area contributed by atoms with Gasteiger partial charge in [-0.25, -0.2) is 9.18 Å². The maximum Gasteiger partial charge on any atom is 0.338 e. The van der Waals surface area contributed by atoms with E-state index in [9.17, 15) is 18.8 Å². The van der Waals surface area contributed by atoms with Gasteiger partial charge in [0, 0.05) is 18.9 Å². The number of hydrogen-bond donors (Lipinski definition) is 0. The van der Waals surface area contributed by atoms with Crippen molar-refractivity contribution >= 4 is 29.5 Å². The summed E-state index contributed by atoms with van der Waals surface area (Å²) in [5.41, 5.74) is 0.228. The van der Waals surface area contributed by atoms with Crippen molar-refractivity contribution in [2.24, 2.45) is 0 Å². The predicted octanol–water partition coefficient (Wildman–Crippen LogP) is 2.05. The van der Waals surface area contributed by atoms with Crippen LogP contribution < -0.4 is 0 Å². The fraction of sp³-hybridized carbons (Fsp3) is 0.438. The van der Waals surface area contributed by atoms with Gasteiger partial charge in [0.05, 0.1) is 5.56 Å². The molecule has 25 heavy (non-hydrogen) atoms. The van der Waals surface area contributed by atoms with Gasteiger partial charge in [0.2, 0.25) is 6.29 Å². The Morgan fingerprint density at radius 2 is 1.72 bits per heavy atom. The molecule has 0 N–H and O–H groups in total. The second-order valence-corrected chi connectivity index (χ2v) is 5.71. The highest BCUT2D eigenvalue weighted by molar-refractivity contribution is 6.30. The Bertz CT molecular complexity index is 648. The lowest BCUT2D eigenvalue weighted by atomic mass is 10.1. The lowest BCUT2D eigenvalue weighted by Crippen LogP contribution is -2.36. The summed E-state index contributed by atoms with van der Waals surface area (Å²) in [5.74, 6) is -2.19. The number of alkyl halides is 1. The zero-order valence-electron chi connectivity index (χ0n) is 13.4. The van der Waals surface area contributed by atoms with E-state index in [1.165, 1.54) is 24.3 Å². The largest absolute Gasteiger partial charge is 0.459 e. The van der Waals surface area contributed by atoms with E-state index >= 15 is 0 Å². The van der Waals surface area contributed by atoms with Gasteiger partial charge >= 0.3 is 17.9 Å². The lowest BCUT2D eigenvalue weighted by molar-refractivity contribution is -0.195. The molecule has 1 aromatic carbocycles. The summed E-state index contributed by atoms with van der Waals surface area (Å²) in [6, 6.07) is 5.93. The fourth-order valence-corrected chi connectivity index (χ4v) is 2.34. The highest BCUT2D eigenvalue weighted by Gasteiger charge is 2.49. The number of ether oxygens (including phenoxy) is 4. The lowest BCUT2D eigenvalue weighted by Gasteiger charge is -2.18. The third-order valence-electron chi connectivity index (χ3n) is 3.29. The molecule has 1 aliphatic rings. The van der Waals surface area contributed by atoms with Gasteiger partial charge in [-0.05, 0) is 24.3 Å². The SMILES string of the molecule is CC(=O)OC1O[C@@H](COC(=O)c2ccc(Cl)cc2)[C@@H](F)[C@@H]1OC(C)=O. The quantitative estimate of drug-likeness (QED) is 0.575. The summed E-state index contributed by atoms with van der Waals surface area (Å²) in [6.07, 6.45) is -5.91. The summed E-state index contributed by atoms with van der Waals surface area (Å²) < 4.78 is 34.2. The van der Waals surface area contributed by atoms with Crippen molar-refractivity contribution in [3.8, 4) is 0 Å². The molecule has 0 aromatic heterocycles. The molecule has 1 aliphatic heterocycles. The number of hydrogen-bond acceptors (Lipinski definition) is 7. The van der Waals surface area contributed by atoms with Crippen molar-refractivity contribution in [1.29, 1.82) is 0 Å². The van der Waals surface area contributed by atoms with E-state index in [1.807, 2.05) is 0 Å². The van der Waals surface area contributed by atoms with E-state index < -0.39 is 49.2 Å². The molecule has 136 valence electrons. The average molecular weight is 375 g/mol. The molecular weight excluding hydrogens is 359 g/mol. The molecule has 1 fully saturated rings. The molecule has 2 rings (SSSR count). The summed E-state index contributed by atoms with van der Waals surface area (Å²) in [5, 5.41) is 0.452. The first-order valence-electron chi connectivity index (χ1n) is 7.34. The van der Waals surface area contributed by atoms with Crippen molar-refractivity contribution in [2.75, 3.05) is 6.61 Å². The zero-order valence-corrected chi connectivity index (χ0v) is 14.2. The minimum atomic E-state index is -1.83. The Balaban J connectivity index is 1.98. The van der Waals surface area contributed by atoms with Crippen LogP contribution in [0.5, 0.6) is 0 Å². The van der Waals surface area contributed by atoms with Gasteiger partial charge in [-0.15, -0.1) is 0 Å². The Hall–Kier alpha value is -2.19. The second-order valence-electron chi connectivity index (χ2n) is 5.28. The molecule has 1 saturated heterocycles. The predicted molar refractivity (Wildman–Crippen MR) is 82.6 cm³/mol. The summed E-state index contributed by atoms with van der Waals surface area (Å²) in [6.45, 7) is 1.75. The molecule has 0 aliphatic carbocycles. The molecule has 0 spiro atoms. The van der Waals surface area contributed by atoms with Crippen LogP contribution in [0.25, 0.3) is 0 Å². The molecule has 0 bridgehead atoms. The maximum atomic E-state index is 14.4. The molecule has 1 heterocycles. The summed E-state index contributed by atoms with van der Waals surface area (Å²) in [4.78, 5) is 34.1. The highest BCUT2D eigenvalue weighted by Crippen LogP contribution is 2.28. The first kappa shape index (κ1) is 19.1. The van der Waals surface area contributed by atoms with E-state index in [2.05, 4.69) is 0 Å². The number of carbonyl (C=O) groups excluding carboxylic acids is 3. The molecule has 7 nitrogen and oxygen atoms in total. The van der Waals surface area contributed by atoms with Crippen LogP contribution in [0.2, 0.25) is 5.02 Å². The monoisotopic (exact) mass is 374 g/mol. The highest BCUT2D eigenvalue weighted by atomic mass is 35.5. The van der Waals surface area contributed by atoms with Crippen LogP contribution in [0.3, 0.4) is 0 Å². The number of rotatable bonds is 5. The fourth-order valence-electron chi connectivity index (χ4n) is 2.22. The van der Waals surface area contributed by atoms with Crippen molar-refractivity contribution in [3.05, 3.63) is 34.9 Å². The van der Waals surface area contributed by atoms with Gasteiger partial charge in [0.15, 0.2) is 12.3 Å². The van der Waals surface area contributed by atoms with Gasteiger partial charge in [-0.2, -0.15) is 0 Å². The Morgan fingerprint density at radius 1 is 1.12 bits per heavy atom. The molecule has 0 radical (unpaired) electrons. The van der Waals surface area contributed by atoms with Crippen LogP contribution in [0.1, 0.15) is 24.2 Å². The number of benzene rings is 1. The zero-order chi connectivity index (χ0) is 18.6. The van der Waals surface area contributed by atoms with E-state index in [-0.39, 0.29) is 5.56 Å². The normalized spacial score (nSPS) is 25.3. The average Bonchev–Trinajstić information content (AvgIpc) is 2.81. The number of halogens is 2. The van der Waals surface area contributed by atoms with E-state index in [0.717, 1.165) is 13.8 Å². The summed E-state index contributed by atoms with van der Waals surface area (Å²) >= 11 is 5.73. The van der Waals surface area contributed by atoms with E-state index in [0.29, 0.717) is 5.02 Å². The van der Waals surface area contributed by atoms with Gasteiger partial charge < -0.3 is 18.9 Å². The minimum Gasteiger partial charge on any atom is -0.459 e. The molecule has 1 aromatic rings. The third-order valence-corrected chi connectivity index (χ3v) is 3.54. The molecule has 0 saturated carbocycles. The number of carbonyl (C=O) groups is 3. The topological polar surface area (TPSA) is 88.1 Å².